The Balaban J connectivity index is 2.77. The lowest BCUT2D eigenvalue weighted by molar-refractivity contribution is -0.120. The fourth-order valence-electron chi connectivity index (χ4n) is 1.40. The number of anilines is 2. The number of rotatable bonds is 5. The third-order valence-corrected chi connectivity index (χ3v) is 2.41. The van der Waals surface area contributed by atoms with Crippen LogP contribution in [0.3, 0.4) is 0 Å². The second-order valence-electron chi connectivity index (χ2n) is 4.19. The maximum absolute atomic E-state index is 11.6. The summed E-state index contributed by atoms with van der Waals surface area (Å²) in [6.45, 7) is 4.02. The van der Waals surface area contributed by atoms with Gasteiger partial charge in [-0.3, -0.25) is 4.79 Å². The maximum atomic E-state index is 11.6. The van der Waals surface area contributed by atoms with Crippen LogP contribution in [0.5, 0.6) is 0 Å². The Hall–Kier alpha value is -1.56. The third kappa shape index (κ3) is 4.03. The van der Waals surface area contributed by atoms with Crippen LogP contribution in [0.15, 0.2) is 6.20 Å². The van der Waals surface area contributed by atoms with Crippen molar-refractivity contribution in [3.63, 3.8) is 0 Å². The summed E-state index contributed by atoms with van der Waals surface area (Å²) in [5.41, 5.74) is 0. The first-order valence-corrected chi connectivity index (χ1v) is 6.02. The van der Waals surface area contributed by atoms with Crippen LogP contribution in [0.25, 0.3) is 0 Å². The van der Waals surface area contributed by atoms with Crippen molar-refractivity contribution in [2.24, 2.45) is 0 Å². The summed E-state index contributed by atoms with van der Waals surface area (Å²) < 4.78 is 0. The first kappa shape index (κ1) is 14.5. The van der Waals surface area contributed by atoms with Gasteiger partial charge in [-0.25, -0.2) is 4.98 Å². The smallest absolute Gasteiger partial charge is 0.239 e. The molecule has 0 saturated heterocycles. The van der Waals surface area contributed by atoms with E-state index in [9.17, 15) is 4.79 Å². The highest BCUT2D eigenvalue weighted by Crippen LogP contribution is 2.22. The van der Waals surface area contributed by atoms with Gasteiger partial charge in [-0.05, 0) is 13.8 Å². The van der Waals surface area contributed by atoms with Crippen LogP contribution in [-0.4, -0.2) is 42.6 Å². The van der Waals surface area contributed by atoms with Crippen molar-refractivity contribution >= 4 is 29.3 Å². The summed E-state index contributed by atoms with van der Waals surface area (Å²) >= 11 is 6.01. The van der Waals surface area contributed by atoms with Gasteiger partial charge in [0.2, 0.25) is 11.9 Å². The fraction of sp³-hybridized carbons (Fsp3) is 0.545. The molecule has 0 aliphatic rings. The van der Waals surface area contributed by atoms with Gasteiger partial charge in [-0.15, -0.1) is 0 Å². The molecule has 7 heteroatoms. The molecule has 1 aromatic rings. The predicted molar refractivity (Wildman–Crippen MR) is 73.1 cm³/mol. The van der Waals surface area contributed by atoms with Crippen LogP contribution in [0.2, 0.25) is 5.02 Å². The van der Waals surface area contributed by atoms with Crippen LogP contribution in [0.1, 0.15) is 13.8 Å². The summed E-state index contributed by atoms with van der Waals surface area (Å²) in [7, 11) is 3.48. The van der Waals surface area contributed by atoms with E-state index in [0.29, 0.717) is 16.8 Å². The first-order valence-electron chi connectivity index (χ1n) is 5.64. The topological polar surface area (TPSA) is 70.2 Å². The Morgan fingerprint density at radius 2 is 2.22 bits per heavy atom. The molecule has 0 saturated carbocycles. The number of carbonyl (C=O) groups excluding carboxylic acids is 1. The van der Waals surface area contributed by atoms with Gasteiger partial charge in [-0.1, -0.05) is 11.6 Å². The van der Waals surface area contributed by atoms with Gasteiger partial charge in [0.05, 0.1) is 12.7 Å². The number of carbonyl (C=O) groups is 1. The van der Waals surface area contributed by atoms with Gasteiger partial charge in [0.1, 0.15) is 5.02 Å². The number of nitrogens with one attached hydrogen (secondary N) is 2. The lowest BCUT2D eigenvalue weighted by Crippen LogP contribution is -2.39. The van der Waals surface area contributed by atoms with Crippen LogP contribution in [0.4, 0.5) is 11.8 Å². The highest BCUT2D eigenvalue weighted by atomic mass is 35.5. The largest absolute Gasteiger partial charge is 0.357 e. The quantitative estimate of drug-likeness (QED) is 0.840. The second kappa shape index (κ2) is 6.39. The van der Waals surface area contributed by atoms with Crippen LogP contribution < -0.4 is 15.5 Å². The number of aromatic nitrogens is 2. The van der Waals surface area contributed by atoms with E-state index in [0.717, 1.165) is 0 Å². The lowest BCUT2D eigenvalue weighted by atomic mass is 10.4. The monoisotopic (exact) mass is 271 g/mol. The molecule has 1 heterocycles. The predicted octanol–water partition coefficient (Wildman–Crippen LogP) is 1.13. The van der Waals surface area contributed by atoms with Gasteiger partial charge < -0.3 is 15.5 Å². The van der Waals surface area contributed by atoms with Gasteiger partial charge in [0, 0.05) is 20.1 Å². The zero-order valence-electron chi connectivity index (χ0n) is 11.0. The van der Waals surface area contributed by atoms with Gasteiger partial charge in [0.15, 0.2) is 5.82 Å². The molecule has 0 aromatic carbocycles. The molecule has 0 aliphatic carbocycles. The number of hydrogen-bond acceptors (Lipinski definition) is 5. The van der Waals surface area contributed by atoms with E-state index >= 15 is 0 Å². The van der Waals surface area contributed by atoms with Crippen molar-refractivity contribution in [2.75, 3.05) is 30.9 Å². The fourth-order valence-corrected chi connectivity index (χ4v) is 1.64. The summed E-state index contributed by atoms with van der Waals surface area (Å²) in [5, 5.41) is 6.05. The van der Waals surface area contributed by atoms with E-state index < -0.39 is 0 Å². The first-order chi connectivity index (χ1) is 8.43. The number of likely N-dealkylation sites (N-methyl/N-ethyl adjacent to an activating group) is 1. The van der Waals surface area contributed by atoms with Crippen molar-refractivity contribution in [1.82, 2.24) is 15.3 Å². The van der Waals surface area contributed by atoms with Gasteiger partial charge >= 0.3 is 0 Å². The molecular formula is C11H18ClN5O. The molecule has 100 valence electrons. The summed E-state index contributed by atoms with van der Waals surface area (Å²) in [5.74, 6) is 0.911. The summed E-state index contributed by atoms with van der Waals surface area (Å²) in [6, 6.07) is 0.111. The Morgan fingerprint density at radius 3 is 2.78 bits per heavy atom. The highest BCUT2D eigenvalue weighted by Gasteiger charge is 2.13. The number of hydrogen-bond donors (Lipinski definition) is 2. The van der Waals surface area contributed by atoms with Crippen LogP contribution in [-0.2, 0) is 4.79 Å². The SMILES string of the molecule is CNc1ncc(Cl)c(N(C)CC(=O)NC(C)C)n1. The van der Waals surface area contributed by atoms with E-state index in [2.05, 4.69) is 20.6 Å². The minimum absolute atomic E-state index is 0.0758. The Bertz CT molecular complexity index is 424. The normalized spacial score (nSPS) is 10.3. The molecular weight excluding hydrogens is 254 g/mol. The Morgan fingerprint density at radius 1 is 1.56 bits per heavy atom. The van der Waals surface area contributed by atoms with Crippen molar-refractivity contribution in [3.8, 4) is 0 Å². The van der Waals surface area contributed by atoms with Crippen molar-refractivity contribution in [3.05, 3.63) is 11.2 Å². The highest BCUT2D eigenvalue weighted by molar-refractivity contribution is 6.32. The van der Waals surface area contributed by atoms with Crippen LogP contribution >= 0.6 is 11.6 Å². The van der Waals surface area contributed by atoms with E-state index in [1.54, 1.807) is 19.0 Å². The molecule has 0 fully saturated rings. The van der Waals surface area contributed by atoms with E-state index in [1.165, 1.54) is 6.20 Å². The standard InChI is InChI=1S/C11H18ClN5O/c1-7(2)15-9(18)6-17(4)10-8(12)5-14-11(13-3)16-10/h5,7H,6H2,1-4H3,(H,15,18)(H,13,14,16). The van der Waals surface area contributed by atoms with Crippen LogP contribution in [0, 0.1) is 0 Å². The minimum Gasteiger partial charge on any atom is -0.357 e. The molecule has 0 radical (unpaired) electrons. The summed E-state index contributed by atoms with van der Waals surface area (Å²) in [4.78, 5) is 21.5. The average Bonchev–Trinajstić information content (AvgIpc) is 2.28. The average molecular weight is 272 g/mol. The number of nitrogens with zero attached hydrogens (tertiary/aromatic N) is 3. The molecule has 0 spiro atoms. The lowest BCUT2D eigenvalue weighted by Gasteiger charge is -2.19. The van der Waals surface area contributed by atoms with Crippen molar-refractivity contribution in [1.29, 1.82) is 0 Å². The van der Waals surface area contributed by atoms with Crippen molar-refractivity contribution in [2.45, 2.75) is 19.9 Å². The Kier molecular flexibility index (Phi) is 5.15. The molecule has 6 nitrogen and oxygen atoms in total. The van der Waals surface area contributed by atoms with E-state index in [4.69, 9.17) is 11.6 Å². The zero-order chi connectivity index (χ0) is 13.7. The molecule has 0 aliphatic heterocycles. The molecule has 2 N–H and O–H groups in total. The van der Waals surface area contributed by atoms with Gasteiger partial charge in [0.25, 0.3) is 0 Å². The minimum atomic E-state index is -0.0758. The van der Waals surface area contributed by atoms with E-state index in [1.807, 2.05) is 13.8 Å². The molecule has 1 rings (SSSR count). The Labute approximate surface area is 112 Å². The number of halogens is 1. The second-order valence-corrected chi connectivity index (χ2v) is 4.60. The molecule has 1 aromatic heterocycles. The molecule has 1 amide bonds. The summed E-state index contributed by atoms with van der Waals surface area (Å²) in [6.07, 6.45) is 1.51. The molecule has 18 heavy (non-hydrogen) atoms. The maximum Gasteiger partial charge on any atom is 0.239 e. The molecule has 0 unspecified atom stereocenters. The molecule has 0 atom stereocenters. The van der Waals surface area contributed by atoms with Gasteiger partial charge in [-0.2, -0.15) is 4.98 Å². The molecule has 0 bridgehead atoms. The number of amides is 1. The van der Waals surface area contributed by atoms with Crippen molar-refractivity contribution < 1.29 is 4.79 Å². The van der Waals surface area contributed by atoms with E-state index in [-0.39, 0.29) is 18.5 Å². The third-order valence-electron chi connectivity index (χ3n) is 2.14. The zero-order valence-corrected chi connectivity index (χ0v) is 11.7.